The van der Waals surface area contributed by atoms with Gasteiger partial charge in [-0.05, 0) is 42.0 Å². The number of carbonyl (C=O) groups is 2. The van der Waals surface area contributed by atoms with Gasteiger partial charge in [-0.1, -0.05) is 36.4 Å². The van der Waals surface area contributed by atoms with Gasteiger partial charge in [0.2, 0.25) is 0 Å². The monoisotopic (exact) mass is 318 g/mol. The van der Waals surface area contributed by atoms with E-state index in [1.165, 1.54) is 0 Å². The van der Waals surface area contributed by atoms with Crippen molar-refractivity contribution in [3.63, 3.8) is 0 Å². The van der Waals surface area contributed by atoms with Crippen LogP contribution in [0.5, 0.6) is 11.5 Å². The van der Waals surface area contributed by atoms with Crippen molar-refractivity contribution >= 4 is 12.3 Å². The van der Waals surface area contributed by atoms with E-state index in [1.807, 2.05) is 18.2 Å². The van der Waals surface area contributed by atoms with Gasteiger partial charge in [-0.25, -0.2) is 4.79 Å². The summed E-state index contributed by atoms with van der Waals surface area (Å²) in [6.07, 6.45) is 0.765. The zero-order valence-electron chi connectivity index (χ0n) is 12.7. The highest BCUT2D eigenvalue weighted by Gasteiger charge is 2.14. The Labute approximate surface area is 139 Å². The lowest BCUT2D eigenvalue weighted by Gasteiger charge is -2.13. The number of hydrogen-bond donors (Lipinski definition) is 1. The highest BCUT2D eigenvalue weighted by Crippen LogP contribution is 2.35. The van der Waals surface area contributed by atoms with Gasteiger partial charge in [-0.3, -0.25) is 4.79 Å². The van der Waals surface area contributed by atoms with Crippen LogP contribution in [0.4, 0.5) is 0 Å². The van der Waals surface area contributed by atoms with Crippen molar-refractivity contribution in [3.8, 4) is 22.6 Å². The molecule has 0 fully saturated rings. The summed E-state index contributed by atoms with van der Waals surface area (Å²) in [5, 5.41) is 9.39. The maximum Gasteiger partial charge on any atom is 0.336 e. The largest absolute Gasteiger partial charge is 0.478 e. The van der Waals surface area contributed by atoms with Crippen LogP contribution >= 0.6 is 0 Å². The lowest BCUT2D eigenvalue weighted by Crippen LogP contribution is -2.00. The molecule has 3 rings (SSSR count). The van der Waals surface area contributed by atoms with Crippen LogP contribution < -0.4 is 4.74 Å². The van der Waals surface area contributed by atoms with Gasteiger partial charge < -0.3 is 9.84 Å². The molecule has 0 heterocycles. The SMILES string of the molecule is O=Cc1ccc(Oc2ccccc2-c2ccccc2C(=O)O)cc1. The van der Waals surface area contributed by atoms with Crippen LogP contribution in [0.2, 0.25) is 0 Å². The minimum absolute atomic E-state index is 0.213. The van der Waals surface area contributed by atoms with E-state index in [0.29, 0.717) is 28.2 Å². The van der Waals surface area contributed by atoms with Crippen LogP contribution in [-0.4, -0.2) is 17.4 Å². The molecule has 118 valence electrons. The molecule has 0 amide bonds. The third-order valence-electron chi connectivity index (χ3n) is 3.58. The molecule has 4 heteroatoms. The fraction of sp³-hybridized carbons (Fsp3) is 0. The minimum atomic E-state index is -0.990. The second-order valence-electron chi connectivity index (χ2n) is 5.14. The molecular weight excluding hydrogens is 304 g/mol. The van der Waals surface area contributed by atoms with Crippen molar-refractivity contribution in [1.29, 1.82) is 0 Å². The summed E-state index contributed by atoms with van der Waals surface area (Å²) in [4.78, 5) is 22.2. The number of carboxylic acids is 1. The Kier molecular flexibility index (Phi) is 4.38. The number of ether oxygens (including phenoxy) is 1. The molecule has 0 bridgehead atoms. The summed E-state index contributed by atoms with van der Waals surface area (Å²) in [6, 6.07) is 20.8. The summed E-state index contributed by atoms with van der Waals surface area (Å²) in [5.74, 6) is 0.127. The second-order valence-corrected chi connectivity index (χ2v) is 5.14. The molecule has 0 saturated carbocycles. The fourth-order valence-electron chi connectivity index (χ4n) is 2.42. The van der Waals surface area contributed by atoms with E-state index in [0.717, 1.165) is 6.29 Å². The van der Waals surface area contributed by atoms with Gasteiger partial charge >= 0.3 is 5.97 Å². The molecule has 1 N–H and O–H groups in total. The molecule has 3 aromatic carbocycles. The summed E-state index contributed by atoms with van der Waals surface area (Å²) in [5.41, 5.74) is 2.05. The Morgan fingerprint density at radius 3 is 2.12 bits per heavy atom. The predicted octanol–water partition coefficient (Wildman–Crippen LogP) is 4.66. The summed E-state index contributed by atoms with van der Waals surface area (Å²) < 4.78 is 5.89. The van der Waals surface area contributed by atoms with E-state index >= 15 is 0 Å². The lowest BCUT2D eigenvalue weighted by atomic mass is 9.99. The standard InChI is InChI=1S/C20H14O4/c21-13-14-9-11-15(12-10-14)24-19-8-4-3-6-17(19)16-5-1-2-7-18(16)20(22)23/h1-13H,(H,22,23). The summed E-state index contributed by atoms with van der Waals surface area (Å²) in [6.45, 7) is 0. The van der Waals surface area contributed by atoms with E-state index in [9.17, 15) is 14.7 Å². The van der Waals surface area contributed by atoms with Crippen LogP contribution in [0.3, 0.4) is 0 Å². The lowest BCUT2D eigenvalue weighted by molar-refractivity contribution is 0.0697. The van der Waals surface area contributed by atoms with Crippen LogP contribution in [-0.2, 0) is 0 Å². The van der Waals surface area contributed by atoms with Gasteiger partial charge in [0.25, 0.3) is 0 Å². The van der Waals surface area contributed by atoms with E-state index in [2.05, 4.69) is 0 Å². The van der Waals surface area contributed by atoms with Crippen LogP contribution in [0.1, 0.15) is 20.7 Å². The van der Waals surface area contributed by atoms with Gasteiger partial charge in [-0.15, -0.1) is 0 Å². The van der Waals surface area contributed by atoms with Gasteiger partial charge in [0.05, 0.1) is 5.56 Å². The Hall–Kier alpha value is -3.40. The number of rotatable bonds is 5. The summed E-state index contributed by atoms with van der Waals surface area (Å²) >= 11 is 0. The van der Waals surface area contributed by atoms with Crippen molar-refractivity contribution in [2.45, 2.75) is 0 Å². The van der Waals surface area contributed by atoms with Crippen molar-refractivity contribution in [1.82, 2.24) is 0 Å². The number of aldehydes is 1. The third kappa shape index (κ3) is 3.17. The fourth-order valence-corrected chi connectivity index (χ4v) is 2.42. The molecule has 0 aliphatic rings. The van der Waals surface area contributed by atoms with Gasteiger partial charge in [0.1, 0.15) is 17.8 Å². The quantitative estimate of drug-likeness (QED) is 0.695. The number of carbonyl (C=O) groups excluding carboxylic acids is 1. The van der Waals surface area contributed by atoms with Crippen molar-refractivity contribution in [3.05, 3.63) is 83.9 Å². The zero-order chi connectivity index (χ0) is 16.9. The predicted molar refractivity (Wildman–Crippen MR) is 90.7 cm³/mol. The highest BCUT2D eigenvalue weighted by atomic mass is 16.5. The van der Waals surface area contributed by atoms with Crippen LogP contribution in [0.25, 0.3) is 11.1 Å². The smallest absolute Gasteiger partial charge is 0.336 e. The molecule has 0 aromatic heterocycles. The molecule has 0 spiro atoms. The number of aromatic carboxylic acids is 1. The van der Waals surface area contributed by atoms with E-state index < -0.39 is 5.97 Å². The summed E-state index contributed by atoms with van der Waals surface area (Å²) in [7, 11) is 0. The molecule has 0 radical (unpaired) electrons. The van der Waals surface area contributed by atoms with Gasteiger partial charge in [0.15, 0.2) is 0 Å². The molecule has 4 nitrogen and oxygen atoms in total. The molecule has 0 atom stereocenters. The zero-order valence-corrected chi connectivity index (χ0v) is 12.7. The molecule has 3 aromatic rings. The van der Waals surface area contributed by atoms with Crippen LogP contribution in [0, 0.1) is 0 Å². The van der Waals surface area contributed by atoms with Gasteiger partial charge in [0, 0.05) is 11.1 Å². The normalized spacial score (nSPS) is 10.2. The molecule has 0 aliphatic carbocycles. The maximum absolute atomic E-state index is 11.5. The first-order valence-corrected chi connectivity index (χ1v) is 7.34. The Morgan fingerprint density at radius 2 is 1.46 bits per heavy atom. The Balaban J connectivity index is 2.02. The number of hydrogen-bond acceptors (Lipinski definition) is 3. The first kappa shape index (κ1) is 15.5. The third-order valence-corrected chi connectivity index (χ3v) is 3.58. The van der Waals surface area contributed by atoms with Crippen molar-refractivity contribution in [2.24, 2.45) is 0 Å². The number of benzene rings is 3. The molecule has 24 heavy (non-hydrogen) atoms. The number of para-hydroxylation sites is 1. The van der Waals surface area contributed by atoms with Crippen LogP contribution in [0.15, 0.2) is 72.8 Å². The second kappa shape index (κ2) is 6.79. The van der Waals surface area contributed by atoms with Crippen molar-refractivity contribution < 1.29 is 19.4 Å². The first-order chi connectivity index (χ1) is 11.7. The Bertz CT molecular complexity index is 882. The van der Waals surface area contributed by atoms with Crippen molar-refractivity contribution in [2.75, 3.05) is 0 Å². The van der Waals surface area contributed by atoms with E-state index in [1.54, 1.807) is 54.6 Å². The molecule has 0 saturated heterocycles. The average molecular weight is 318 g/mol. The Morgan fingerprint density at radius 1 is 0.833 bits per heavy atom. The topological polar surface area (TPSA) is 63.6 Å². The highest BCUT2D eigenvalue weighted by molar-refractivity contribution is 5.97. The molecular formula is C20H14O4. The van der Waals surface area contributed by atoms with E-state index in [4.69, 9.17) is 4.74 Å². The van der Waals surface area contributed by atoms with Gasteiger partial charge in [-0.2, -0.15) is 0 Å². The first-order valence-electron chi connectivity index (χ1n) is 7.34. The average Bonchev–Trinajstić information content (AvgIpc) is 2.63. The molecule has 0 unspecified atom stereocenters. The van der Waals surface area contributed by atoms with E-state index in [-0.39, 0.29) is 5.56 Å². The molecule has 0 aliphatic heterocycles. The minimum Gasteiger partial charge on any atom is -0.478 e. The maximum atomic E-state index is 11.5. The number of carboxylic acid groups (broad SMARTS) is 1.